The number of rotatable bonds is 5. The Morgan fingerprint density at radius 3 is 2.47 bits per heavy atom. The van der Waals surface area contributed by atoms with E-state index in [-0.39, 0.29) is 29.7 Å². The fourth-order valence-electron chi connectivity index (χ4n) is 4.48. The maximum atomic E-state index is 13.3. The van der Waals surface area contributed by atoms with Crippen LogP contribution in [0.15, 0.2) is 35.2 Å². The normalized spacial score (nSPS) is 17.0. The van der Waals surface area contributed by atoms with Crippen molar-refractivity contribution in [3.8, 4) is 5.75 Å². The van der Waals surface area contributed by atoms with Crippen LogP contribution in [0, 0.1) is 20.8 Å². The summed E-state index contributed by atoms with van der Waals surface area (Å²) in [5, 5.41) is 1.80. The second-order valence-corrected chi connectivity index (χ2v) is 11.5. The molecule has 34 heavy (non-hydrogen) atoms. The molecule has 2 amide bonds. The van der Waals surface area contributed by atoms with Gasteiger partial charge in [-0.2, -0.15) is 0 Å². The first-order valence-corrected chi connectivity index (χ1v) is 13.0. The molecule has 0 aromatic heterocycles. The maximum absolute atomic E-state index is 13.3. The number of amides is 2. The number of hydrogen-bond donors (Lipinski definition) is 1. The van der Waals surface area contributed by atoms with Crippen molar-refractivity contribution in [2.75, 3.05) is 43.0 Å². The van der Waals surface area contributed by atoms with Gasteiger partial charge in [0.15, 0.2) is 16.4 Å². The summed E-state index contributed by atoms with van der Waals surface area (Å²) in [5.41, 5.74) is 4.55. The Labute approximate surface area is 200 Å². The Kier molecular flexibility index (Phi) is 6.58. The minimum atomic E-state index is -3.77. The van der Waals surface area contributed by atoms with Crippen LogP contribution in [-0.2, 0) is 19.4 Å². The molecular formula is C25H31N3O5S. The van der Waals surface area contributed by atoms with Crippen molar-refractivity contribution in [1.82, 2.24) is 4.90 Å². The monoisotopic (exact) mass is 485 g/mol. The zero-order valence-corrected chi connectivity index (χ0v) is 20.9. The fourth-order valence-corrected chi connectivity index (χ4v) is 6.06. The molecular weight excluding hydrogens is 454 g/mol. The highest BCUT2D eigenvalue weighted by Crippen LogP contribution is 2.34. The summed E-state index contributed by atoms with van der Waals surface area (Å²) < 4.78 is 32.0. The highest BCUT2D eigenvalue weighted by molar-refractivity contribution is 7.92. The van der Waals surface area contributed by atoms with E-state index in [1.165, 1.54) is 22.9 Å². The lowest BCUT2D eigenvalue weighted by Crippen LogP contribution is -2.49. The van der Waals surface area contributed by atoms with Crippen LogP contribution in [0.25, 0.3) is 0 Å². The van der Waals surface area contributed by atoms with Gasteiger partial charge in [-0.3, -0.25) is 9.59 Å². The summed E-state index contributed by atoms with van der Waals surface area (Å²) in [4.78, 5) is 28.7. The maximum Gasteiger partial charge on any atom is 0.262 e. The van der Waals surface area contributed by atoms with Gasteiger partial charge >= 0.3 is 0 Å². The largest absolute Gasteiger partial charge is 0.482 e. The average Bonchev–Trinajstić information content (AvgIpc) is 2.80. The SMILES string of the molecule is Cc1ccc(C)c(N2CCN(C(=O)C[C@H](C)S(=O)(=O)c3cc4c(cc3C)NC(=O)CO4)CC2)c1. The molecule has 9 heteroatoms. The number of piperazine rings is 1. The van der Waals surface area contributed by atoms with Crippen LogP contribution in [-0.4, -0.2) is 63.2 Å². The Morgan fingerprint density at radius 1 is 1.06 bits per heavy atom. The van der Waals surface area contributed by atoms with Crippen molar-refractivity contribution >= 4 is 33.0 Å². The van der Waals surface area contributed by atoms with Crippen molar-refractivity contribution in [1.29, 1.82) is 0 Å². The van der Waals surface area contributed by atoms with E-state index in [4.69, 9.17) is 4.74 Å². The topological polar surface area (TPSA) is 96.0 Å². The van der Waals surface area contributed by atoms with Crippen LogP contribution in [0.3, 0.4) is 0 Å². The third-order valence-corrected chi connectivity index (χ3v) is 8.83. The molecule has 182 valence electrons. The van der Waals surface area contributed by atoms with Crippen molar-refractivity contribution in [3.63, 3.8) is 0 Å². The number of nitrogens with zero attached hydrogens (tertiary/aromatic N) is 2. The molecule has 2 aliphatic rings. The third kappa shape index (κ3) is 4.75. The van der Waals surface area contributed by atoms with Crippen LogP contribution in [0.5, 0.6) is 5.75 Å². The molecule has 2 aromatic carbocycles. The predicted octanol–water partition coefficient (Wildman–Crippen LogP) is 2.84. The van der Waals surface area contributed by atoms with Gasteiger partial charge in [-0.15, -0.1) is 0 Å². The van der Waals surface area contributed by atoms with Gasteiger partial charge in [0.25, 0.3) is 5.91 Å². The van der Waals surface area contributed by atoms with E-state index in [1.807, 2.05) is 0 Å². The number of hydrogen-bond acceptors (Lipinski definition) is 6. The number of aryl methyl sites for hydroxylation is 3. The lowest BCUT2D eigenvalue weighted by molar-refractivity contribution is -0.131. The molecule has 0 aliphatic carbocycles. The number of fused-ring (bicyclic) bond motifs is 1. The van der Waals surface area contributed by atoms with Crippen LogP contribution >= 0.6 is 0 Å². The van der Waals surface area contributed by atoms with Gasteiger partial charge in [-0.05, 0) is 56.5 Å². The van der Waals surface area contributed by atoms with Gasteiger partial charge in [0.1, 0.15) is 5.75 Å². The molecule has 4 rings (SSSR count). The molecule has 8 nitrogen and oxygen atoms in total. The molecule has 0 unspecified atom stereocenters. The summed E-state index contributed by atoms with van der Waals surface area (Å²) in [6.45, 7) is 9.79. The minimum Gasteiger partial charge on any atom is -0.482 e. The Morgan fingerprint density at radius 2 is 1.76 bits per heavy atom. The van der Waals surface area contributed by atoms with Crippen LogP contribution in [0.4, 0.5) is 11.4 Å². The van der Waals surface area contributed by atoms with E-state index in [0.717, 1.165) is 0 Å². The van der Waals surface area contributed by atoms with Crippen molar-refractivity contribution in [2.45, 2.75) is 44.3 Å². The van der Waals surface area contributed by atoms with Crippen LogP contribution < -0.4 is 15.0 Å². The third-order valence-electron chi connectivity index (χ3n) is 6.55. The van der Waals surface area contributed by atoms with Gasteiger partial charge in [0.2, 0.25) is 5.91 Å². The number of anilines is 2. The number of nitrogens with one attached hydrogen (secondary N) is 1. The lowest BCUT2D eigenvalue weighted by Gasteiger charge is -2.37. The van der Waals surface area contributed by atoms with Gasteiger partial charge < -0.3 is 19.9 Å². The second-order valence-electron chi connectivity index (χ2n) is 9.17. The highest BCUT2D eigenvalue weighted by atomic mass is 32.2. The van der Waals surface area contributed by atoms with Crippen LogP contribution in [0.2, 0.25) is 0 Å². The van der Waals surface area contributed by atoms with Gasteiger partial charge in [-0.1, -0.05) is 12.1 Å². The summed E-state index contributed by atoms with van der Waals surface area (Å²) in [6, 6.07) is 9.41. The summed E-state index contributed by atoms with van der Waals surface area (Å²) in [6.07, 6.45) is -0.0834. The van der Waals surface area contributed by atoms with E-state index in [2.05, 4.69) is 42.3 Å². The van der Waals surface area contributed by atoms with Gasteiger partial charge in [0, 0.05) is 44.4 Å². The van der Waals surface area contributed by atoms with E-state index < -0.39 is 15.1 Å². The number of sulfone groups is 1. The predicted molar refractivity (Wildman–Crippen MR) is 131 cm³/mol. The van der Waals surface area contributed by atoms with Gasteiger partial charge in [0.05, 0.1) is 15.8 Å². The van der Waals surface area contributed by atoms with Crippen molar-refractivity contribution < 1.29 is 22.7 Å². The number of carbonyl (C=O) groups excluding carboxylic acids is 2. The molecule has 0 bridgehead atoms. The Hall–Kier alpha value is -3.07. The van der Waals surface area contributed by atoms with E-state index in [1.54, 1.807) is 24.8 Å². The van der Waals surface area contributed by atoms with Crippen molar-refractivity contribution in [3.05, 3.63) is 47.0 Å². The standard InChI is InChI=1S/C25H31N3O5S/c1-16-5-6-17(2)21(11-16)27-7-9-28(10-8-27)25(30)13-19(4)34(31,32)23-14-22-20(12-18(23)3)26-24(29)15-33-22/h5-6,11-12,14,19H,7-10,13,15H2,1-4H3,(H,26,29)/t19-/m0/s1. The number of carbonyl (C=O) groups is 2. The van der Waals surface area contributed by atoms with Gasteiger partial charge in [-0.25, -0.2) is 8.42 Å². The lowest BCUT2D eigenvalue weighted by atomic mass is 10.1. The first-order chi connectivity index (χ1) is 16.1. The van der Waals surface area contributed by atoms with E-state index in [9.17, 15) is 18.0 Å². The quantitative estimate of drug-likeness (QED) is 0.700. The number of benzene rings is 2. The smallest absolute Gasteiger partial charge is 0.262 e. The molecule has 0 spiro atoms. The van der Waals surface area contributed by atoms with E-state index >= 15 is 0 Å². The molecule has 2 aliphatic heterocycles. The molecule has 0 saturated carbocycles. The summed E-state index contributed by atoms with van der Waals surface area (Å²) in [5.74, 6) is -0.111. The zero-order valence-electron chi connectivity index (χ0n) is 20.1. The molecule has 1 N–H and O–H groups in total. The van der Waals surface area contributed by atoms with Crippen molar-refractivity contribution in [2.24, 2.45) is 0 Å². The second kappa shape index (κ2) is 9.29. The zero-order chi connectivity index (χ0) is 24.6. The summed E-state index contributed by atoms with van der Waals surface area (Å²) in [7, 11) is -3.77. The highest BCUT2D eigenvalue weighted by Gasteiger charge is 2.32. The molecule has 1 fully saturated rings. The Bertz CT molecular complexity index is 1230. The average molecular weight is 486 g/mol. The molecule has 1 saturated heterocycles. The first-order valence-electron chi connectivity index (χ1n) is 11.5. The molecule has 0 radical (unpaired) electrons. The first kappa shape index (κ1) is 24.1. The summed E-state index contributed by atoms with van der Waals surface area (Å²) >= 11 is 0. The fraction of sp³-hybridized carbons (Fsp3) is 0.440. The number of ether oxygens (including phenoxy) is 1. The Balaban J connectivity index is 1.42. The molecule has 2 aromatic rings. The molecule has 1 atom stereocenters. The van der Waals surface area contributed by atoms with Crippen LogP contribution in [0.1, 0.15) is 30.0 Å². The van der Waals surface area contributed by atoms with E-state index in [0.29, 0.717) is 43.2 Å². The minimum absolute atomic E-state index is 0.0834. The molecule has 2 heterocycles.